The maximum absolute atomic E-state index is 13.2. The van der Waals surface area contributed by atoms with Gasteiger partial charge in [-0.3, -0.25) is 0 Å². The van der Waals surface area contributed by atoms with Gasteiger partial charge in [0.1, 0.15) is 17.9 Å². The summed E-state index contributed by atoms with van der Waals surface area (Å²) in [4.78, 5) is 12.0. The molecule has 0 spiro atoms. The fourth-order valence-corrected chi connectivity index (χ4v) is 2.56. The van der Waals surface area contributed by atoms with Gasteiger partial charge in [0.15, 0.2) is 0 Å². The normalized spacial score (nSPS) is 15.1. The molecular weight excluding hydrogens is 271 g/mol. The molecule has 1 fully saturated rings. The predicted molar refractivity (Wildman–Crippen MR) is 79.4 cm³/mol. The number of rotatable bonds is 3. The minimum Gasteiger partial charge on any atom is -0.495 e. The van der Waals surface area contributed by atoms with E-state index in [2.05, 4.69) is 25.8 Å². The number of para-hydroxylation sites is 2. The largest absolute Gasteiger partial charge is 0.495 e. The van der Waals surface area contributed by atoms with E-state index in [1.54, 1.807) is 7.11 Å². The summed E-state index contributed by atoms with van der Waals surface area (Å²) >= 11 is 0. The quantitative estimate of drug-likeness (QED) is 0.808. The summed E-state index contributed by atoms with van der Waals surface area (Å²) in [6.07, 6.45) is 1.26. The Kier molecular flexibility index (Phi) is 3.85. The average molecular weight is 288 g/mol. The summed E-state index contributed by atoms with van der Waals surface area (Å²) < 4.78 is 18.6. The van der Waals surface area contributed by atoms with Gasteiger partial charge in [0, 0.05) is 32.2 Å². The van der Waals surface area contributed by atoms with Crippen LogP contribution in [0.3, 0.4) is 0 Å². The van der Waals surface area contributed by atoms with Crippen LogP contribution < -0.4 is 14.5 Å². The Morgan fingerprint density at radius 2 is 1.76 bits per heavy atom. The second-order valence-electron chi connectivity index (χ2n) is 4.84. The molecule has 21 heavy (non-hydrogen) atoms. The van der Waals surface area contributed by atoms with Gasteiger partial charge >= 0.3 is 0 Å². The van der Waals surface area contributed by atoms with E-state index in [1.165, 1.54) is 12.4 Å². The molecule has 110 valence electrons. The molecule has 0 N–H and O–H groups in total. The van der Waals surface area contributed by atoms with Crippen LogP contribution in [0, 0.1) is 5.95 Å². The first-order chi connectivity index (χ1) is 10.3. The van der Waals surface area contributed by atoms with Crippen molar-refractivity contribution in [2.45, 2.75) is 0 Å². The van der Waals surface area contributed by atoms with E-state index < -0.39 is 5.95 Å². The Bertz CT molecular complexity index is 614. The van der Waals surface area contributed by atoms with Crippen LogP contribution in [-0.4, -0.2) is 43.3 Å². The van der Waals surface area contributed by atoms with E-state index in [4.69, 9.17) is 4.74 Å². The Morgan fingerprint density at radius 1 is 1.05 bits per heavy atom. The summed E-state index contributed by atoms with van der Waals surface area (Å²) in [5.41, 5.74) is 1.09. The molecule has 0 bridgehead atoms. The van der Waals surface area contributed by atoms with Crippen LogP contribution >= 0.6 is 0 Å². The van der Waals surface area contributed by atoms with Crippen molar-refractivity contribution in [3.8, 4) is 5.75 Å². The first-order valence-electron chi connectivity index (χ1n) is 6.88. The van der Waals surface area contributed by atoms with Crippen molar-refractivity contribution < 1.29 is 9.13 Å². The van der Waals surface area contributed by atoms with Gasteiger partial charge in [-0.2, -0.15) is 4.39 Å². The molecule has 1 aliphatic heterocycles. The lowest BCUT2D eigenvalue weighted by Gasteiger charge is -2.37. The van der Waals surface area contributed by atoms with Crippen molar-refractivity contribution in [2.24, 2.45) is 0 Å². The topological polar surface area (TPSA) is 41.5 Å². The number of piperazine rings is 1. The second-order valence-corrected chi connectivity index (χ2v) is 4.84. The van der Waals surface area contributed by atoms with Crippen molar-refractivity contribution >= 4 is 11.5 Å². The van der Waals surface area contributed by atoms with Crippen LogP contribution in [0.1, 0.15) is 0 Å². The number of methoxy groups -OCH3 is 1. The van der Waals surface area contributed by atoms with Gasteiger partial charge in [-0.05, 0) is 12.1 Å². The van der Waals surface area contributed by atoms with Crippen LogP contribution in [0.4, 0.5) is 15.9 Å². The summed E-state index contributed by atoms with van der Waals surface area (Å²) in [7, 11) is 1.68. The van der Waals surface area contributed by atoms with Crippen molar-refractivity contribution in [2.75, 3.05) is 43.1 Å². The van der Waals surface area contributed by atoms with E-state index >= 15 is 0 Å². The zero-order valence-electron chi connectivity index (χ0n) is 11.9. The Hall–Kier alpha value is -2.37. The van der Waals surface area contributed by atoms with E-state index in [9.17, 15) is 4.39 Å². The lowest BCUT2D eigenvalue weighted by atomic mass is 10.2. The number of nitrogens with zero attached hydrogens (tertiary/aromatic N) is 4. The van der Waals surface area contributed by atoms with Crippen LogP contribution in [0.2, 0.25) is 0 Å². The first kappa shape index (κ1) is 13.6. The van der Waals surface area contributed by atoms with Gasteiger partial charge in [-0.1, -0.05) is 12.1 Å². The molecule has 3 rings (SSSR count). The zero-order valence-corrected chi connectivity index (χ0v) is 11.9. The minimum atomic E-state index is -0.493. The lowest BCUT2D eigenvalue weighted by molar-refractivity contribution is 0.413. The SMILES string of the molecule is COc1ccccc1N1CCN(c2cc(F)ncn2)CC1. The second kappa shape index (κ2) is 5.95. The molecule has 0 amide bonds. The monoisotopic (exact) mass is 288 g/mol. The van der Waals surface area contributed by atoms with Crippen LogP contribution in [0.5, 0.6) is 5.75 Å². The smallest absolute Gasteiger partial charge is 0.218 e. The predicted octanol–water partition coefficient (Wildman–Crippen LogP) is 1.95. The number of aromatic nitrogens is 2. The van der Waals surface area contributed by atoms with E-state index in [0.717, 1.165) is 37.6 Å². The Balaban J connectivity index is 1.70. The van der Waals surface area contributed by atoms with E-state index in [0.29, 0.717) is 5.82 Å². The highest BCUT2D eigenvalue weighted by Crippen LogP contribution is 2.28. The highest BCUT2D eigenvalue weighted by Gasteiger charge is 2.20. The maximum Gasteiger partial charge on any atom is 0.218 e. The number of ether oxygens (including phenoxy) is 1. The van der Waals surface area contributed by atoms with Gasteiger partial charge < -0.3 is 14.5 Å². The standard InChI is InChI=1S/C15H17FN4O/c1-21-13-5-3-2-4-12(13)19-6-8-20(9-7-19)15-10-14(16)17-11-18-15/h2-5,10-11H,6-9H2,1H3. The summed E-state index contributed by atoms with van der Waals surface area (Å²) in [6.45, 7) is 3.25. The van der Waals surface area contributed by atoms with Crippen LogP contribution in [-0.2, 0) is 0 Å². The third-order valence-corrected chi connectivity index (χ3v) is 3.65. The molecule has 2 heterocycles. The third-order valence-electron chi connectivity index (χ3n) is 3.65. The molecular formula is C15H17FN4O. The molecule has 0 atom stereocenters. The fourth-order valence-electron chi connectivity index (χ4n) is 2.56. The molecule has 0 saturated carbocycles. The van der Waals surface area contributed by atoms with Gasteiger partial charge in [0.25, 0.3) is 0 Å². The van der Waals surface area contributed by atoms with Crippen LogP contribution in [0.15, 0.2) is 36.7 Å². The number of hydrogen-bond donors (Lipinski definition) is 0. The zero-order chi connectivity index (χ0) is 14.7. The van der Waals surface area contributed by atoms with Gasteiger partial charge in [0.2, 0.25) is 5.95 Å². The number of anilines is 2. The molecule has 6 heteroatoms. The third kappa shape index (κ3) is 2.89. The van der Waals surface area contributed by atoms with Gasteiger partial charge in [-0.15, -0.1) is 0 Å². The fraction of sp³-hybridized carbons (Fsp3) is 0.333. The number of halogens is 1. The highest BCUT2D eigenvalue weighted by molar-refractivity contribution is 5.59. The maximum atomic E-state index is 13.2. The summed E-state index contributed by atoms with van der Waals surface area (Å²) in [5, 5.41) is 0. The lowest BCUT2D eigenvalue weighted by Crippen LogP contribution is -2.47. The minimum absolute atomic E-state index is 0.493. The van der Waals surface area contributed by atoms with Gasteiger partial charge in [-0.25, -0.2) is 9.97 Å². The average Bonchev–Trinajstić information content (AvgIpc) is 2.55. The molecule has 0 unspecified atom stereocenters. The summed E-state index contributed by atoms with van der Waals surface area (Å²) in [5.74, 6) is 1.02. The van der Waals surface area contributed by atoms with E-state index in [1.807, 2.05) is 18.2 Å². The van der Waals surface area contributed by atoms with E-state index in [-0.39, 0.29) is 0 Å². The summed E-state index contributed by atoms with van der Waals surface area (Å²) in [6, 6.07) is 9.35. The highest BCUT2D eigenvalue weighted by atomic mass is 19.1. The Morgan fingerprint density at radius 3 is 2.48 bits per heavy atom. The molecule has 1 aromatic heterocycles. The molecule has 0 radical (unpaired) electrons. The molecule has 1 saturated heterocycles. The number of benzene rings is 1. The van der Waals surface area contributed by atoms with Crippen molar-refractivity contribution in [3.05, 3.63) is 42.6 Å². The first-order valence-corrected chi connectivity index (χ1v) is 6.88. The Labute approximate surface area is 123 Å². The van der Waals surface area contributed by atoms with Crippen molar-refractivity contribution in [1.82, 2.24) is 9.97 Å². The van der Waals surface area contributed by atoms with Gasteiger partial charge in [0.05, 0.1) is 12.8 Å². The molecule has 2 aromatic rings. The van der Waals surface area contributed by atoms with Crippen LogP contribution in [0.25, 0.3) is 0 Å². The van der Waals surface area contributed by atoms with Crippen molar-refractivity contribution in [1.29, 1.82) is 0 Å². The molecule has 1 aromatic carbocycles. The molecule has 0 aliphatic carbocycles. The molecule has 1 aliphatic rings. The van der Waals surface area contributed by atoms with Crippen molar-refractivity contribution in [3.63, 3.8) is 0 Å². The molecule has 5 nitrogen and oxygen atoms in total. The number of hydrogen-bond acceptors (Lipinski definition) is 5.